The van der Waals surface area contributed by atoms with Gasteiger partial charge in [-0.3, -0.25) is 0 Å². The van der Waals surface area contributed by atoms with Gasteiger partial charge in [0.15, 0.2) is 5.82 Å². The van der Waals surface area contributed by atoms with E-state index in [9.17, 15) is 5.11 Å². The van der Waals surface area contributed by atoms with Crippen molar-refractivity contribution < 1.29 is 5.11 Å². The summed E-state index contributed by atoms with van der Waals surface area (Å²) in [5, 5.41) is 17.8. The van der Waals surface area contributed by atoms with Gasteiger partial charge in [0.25, 0.3) is 0 Å². The second-order valence-electron chi connectivity index (χ2n) is 3.79. The Balaban J connectivity index is 2.11. The summed E-state index contributed by atoms with van der Waals surface area (Å²) >= 11 is 0. The molecule has 0 radical (unpaired) electrons. The van der Waals surface area contributed by atoms with Crippen LogP contribution >= 0.6 is 0 Å². The van der Waals surface area contributed by atoms with Gasteiger partial charge in [0.2, 0.25) is 0 Å². The molecule has 1 N–H and O–H groups in total. The van der Waals surface area contributed by atoms with E-state index in [1.165, 1.54) is 0 Å². The van der Waals surface area contributed by atoms with Crippen molar-refractivity contribution in [3.63, 3.8) is 0 Å². The standard InChI is InChI=1S/C10H15N3O/c1-13-7-11-12-10(13)9(14)8-5-3-2-4-6-8/h2-3,7-9,14H,4-6H2,1H3. The second-order valence-corrected chi connectivity index (χ2v) is 3.79. The fourth-order valence-electron chi connectivity index (χ4n) is 1.87. The average Bonchev–Trinajstić information content (AvgIpc) is 2.65. The molecule has 0 aromatic carbocycles. The Morgan fingerprint density at radius 3 is 3.00 bits per heavy atom. The number of aliphatic hydroxyl groups is 1. The summed E-state index contributed by atoms with van der Waals surface area (Å²) in [6.07, 6.45) is 8.47. The number of nitrogens with zero attached hydrogens (tertiary/aromatic N) is 3. The van der Waals surface area contributed by atoms with Gasteiger partial charge in [0.05, 0.1) is 0 Å². The SMILES string of the molecule is Cn1cnnc1C(O)C1CC=CCC1. The average molecular weight is 193 g/mol. The summed E-state index contributed by atoms with van der Waals surface area (Å²) in [5.74, 6) is 0.966. The monoisotopic (exact) mass is 193 g/mol. The smallest absolute Gasteiger partial charge is 0.161 e. The molecule has 0 amide bonds. The van der Waals surface area contributed by atoms with E-state index < -0.39 is 6.10 Å². The number of hydrogen-bond donors (Lipinski definition) is 1. The highest BCUT2D eigenvalue weighted by molar-refractivity contribution is 4.99. The number of hydrogen-bond acceptors (Lipinski definition) is 3. The van der Waals surface area contributed by atoms with Gasteiger partial charge in [-0.25, -0.2) is 0 Å². The fourth-order valence-corrected chi connectivity index (χ4v) is 1.87. The lowest BCUT2D eigenvalue weighted by atomic mass is 9.89. The molecule has 76 valence electrons. The van der Waals surface area contributed by atoms with Gasteiger partial charge in [-0.05, 0) is 25.2 Å². The molecule has 0 fully saturated rings. The van der Waals surface area contributed by atoms with Crippen LogP contribution in [0.2, 0.25) is 0 Å². The highest BCUT2D eigenvalue weighted by atomic mass is 16.3. The van der Waals surface area contributed by atoms with E-state index in [2.05, 4.69) is 22.3 Å². The third kappa shape index (κ3) is 1.70. The summed E-state index contributed by atoms with van der Waals surface area (Å²) in [4.78, 5) is 0. The zero-order valence-electron chi connectivity index (χ0n) is 8.30. The molecule has 0 aliphatic heterocycles. The molecule has 1 heterocycles. The van der Waals surface area contributed by atoms with Gasteiger partial charge in [-0.15, -0.1) is 10.2 Å². The molecule has 1 aliphatic rings. The number of aromatic nitrogens is 3. The van der Waals surface area contributed by atoms with Gasteiger partial charge in [0.1, 0.15) is 12.4 Å². The molecule has 0 saturated carbocycles. The van der Waals surface area contributed by atoms with Crippen molar-refractivity contribution in [2.24, 2.45) is 13.0 Å². The maximum absolute atomic E-state index is 10.1. The van der Waals surface area contributed by atoms with E-state index in [-0.39, 0.29) is 0 Å². The van der Waals surface area contributed by atoms with E-state index in [1.54, 1.807) is 10.9 Å². The molecule has 1 aromatic rings. The first-order valence-electron chi connectivity index (χ1n) is 4.96. The minimum Gasteiger partial charge on any atom is -0.385 e. The minimum atomic E-state index is -0.479. The summed E-state index contributed by atoms with van der Waals surface area (Å²) in [6.45, 7) is 0. The second kappa shape index (κ2) is 3.92. The van der Waals surface area contributed by atoms with Crippen molar-refractivity contribution in [3.8, 4) is 0 Å². The molecule has 2 atom stereocenters. The Kier molecular flexibility index (Phi) is 2.63. The van der Waals surface area contributed by atoms with Gasteiger partial charge in [-0.2, -0.15) is 0 Å². The molecule has 1 aliphatic carbocycles. The Bertz CT molecular complexity index is 332. The van der Waals surface area contributed by atoms with Crippen LogP contribution in [0.5, 0.6) is 0 Å². The van der Waals surface area contributed by atoms with E-state index in [1.807, 2.05) is 7.05 Å². The van der Waals surface area contributed by atoms with Crippen LogP contribution in [-0.2, 0) is 7.05 Å². The van der Waals surface area contributed by atoms with Crippen molar-refractivity contribution in [3.05, 3.63) is 24.3 Å². The molecule has 4 nitrogen and oxygen atoms in total. The predicted molar refractivity (Wildman–Crippen MR) is 52.4 cm³/mol. The molecule has 14 heavy (non-hydrogen) atoms. The Morgan fingerprint density at radius 2 is 2.43 bits per heavy atom. The van der Waals surface area contributed by atoms with Crippen LogP contribution in [0.1, 0.15) is 31.2 Å². The third-order valence-corrected chi connectivity index (χ3v) is 2.77. The summed E-state index contributed by atoms with van der Waals surface area (Å²) < 4.78 is 1.78. The summed E-state index contributed by atoms with van der Waals surface area (Å²) in [6, 6.07) is 0. The van der Waals surface area contributed by atoms with Crippen molar-refractivity contribution in [1.82, 2.24) is 14.8 Å². The number of aliphatic hydroxyl groups excluding tert-OH is 1. The molecule has 0 spiro atoms. The Hall–Kier alpha value is -1.16. The third-order valence-electron chi connectivity index (χ3n) is 2.77. The van der Waals surface area contributed by atoms with Gasteiger partial charge in [-0.1, -0.05) is 12.2 Å². The Morgan fingerprint density at radius 1 is 1.57 bits per heavy atom. The zero-order valence-corrected chi connectivity index (χ0v) is 8.30. The van der Waals surface area contributed by atoms with Crippen LogP contribution in [0.25, 0.3) is 0 Å². The highest BCUT2D eigenvalue weighted by Gasteiger charge is 2.24. The van der Waals surface area contributed by atoms with E-state index in [0.29, 0.717) is 11.7 Å². The number of aryl methyl sites for hydroxylation is 1. The quantitative estimate of drug-likeness (QED) is 0.718. The molecule has 4 heteroatoms. The van der Waals surface area contributed by atoms with Crippen LogP contribution in [0.4, 0.5) is 0 Å². The lowest BCUT2D eigenvalue weighted by molar-refractivity contribution is 0.0910. The van der Waals surface area contributed by atoms with Gasteiger partial charge in [0, 0.05) is 7.05 Å². The lowest BCUT2D eigenvalue weighted by Crippen LogP contribution is -2.17. The topological polar surface area (TPSA) is 50.9 Å². The van der Waals surface area contributed by atoms with E-state index in [4.69, 9.17) is 0 Å². The minimum absolute atomic E-state index is 0.294. The lowest BCUT2D eigenvalue weighted by Gasteiger charge is -2.22. The van der Waals surface area contributed by atoms with Crippen molar-refractivity contribution in [1.29, 1.82) is 0 Å². The van der Waals surface area contributed by atoms with Gasteiger partial charge < -0.3 is 9.67 Å². The predicted octanol–water partition coefficient (Wildman–Crippen LogP) is 1.20. The van der Waals surface area contributed by atoms with Crippen molar-refractivity contribution >= 4 is 0 Å². The molecule has 0 bridgehead atoms. The first-order chi connectivity index (χ1) is 6.79. The van der Waals surface area contributed by atoms with E-state index >= 15 is 0 Å². The molecular formula is C10H15N3O. The van der Waals surface area contributed by atoms with E-state index in [0.717, 1.165) is 19.3 Å². The Labute approximate surface area is 83.3 Å². The summed E-state index contributed by atoms with van der Waals surface area (Å²) in [5.41, 5.74) is 0. The summed E-state index contributed by atoms with van der Waals surface area (Å²) in [7, 11) is 1.86. The number of allylic oxidation sites excluding steroid dienone is 2. The maximum atomic E-state index is 10.1. The first-order valence-corrected chi connectivity index (χ1v) is 4.96. The van der Waals surface area contributed by atoms with Crippen LogP contribution < -0.4 is 0 Å². The molecule has 2 unspecified atom stereocenters. The zero-order chi connectivity index (χ0) is 9.97. The van der Waals surface area contributed by atoms with Crippen LogP contribution in [0, 0.1) is 5.92 Å². The largest absolute Gasteiger partial charge is 0.385 e. The molecular weight excluding hydrogens is 178 g/mol. The van der Waals surface area contributed by atoms with Crippen LogP contribution in [0.15, 0.2) is 18.5 Å². The van der Waals surface area contributed by atoms with Crippen molar-refractivity contribution in [2.45, 2.75) is 25.4 Å². The van der Waals surface area contributed by atoms with Crippen LogP contribution in [0.3, 0.4) is 0 Å². The fraction of sp³-hybridized carbons (Fsp3) is 0.600. The molecule has 1 aromatic heterocycles. The number of rotatable bonds is 2. The molecule has 2 rings (SSSR count). The normalized spacial score (nSPS) is 23.7. The van der Waals surface area contributed by atoms with Gasteiger partial charge >= 0.3 is 0 Å². The van der Waals surface area contributed by atoms with Crippen molar-refractivity contribution in [2.75, 3.05) is 0 Å². The molecule has 0 saturated heterocycles. The van der Waals surface area contributed by atoms with Crippen LogP contribution in [-0.4, -0.2) is 19.9 Å². The highest BCUT2D eigenvalue weighted by Crippen LogP contribution is 2.29. The first kappa shape index (κ1) is 9.40. The maximum Gasteiger partial charge on any atom is 0.161 e.